The first-order chi connectivity index (χ1) is 11.3. The summed E-state index contributed by atoms with van der Waals surface area (Å²) in [4.78, 5) is 22.0. The van der Waals surface area contributed by atoms with Crippen molar-refractivity contribution in [3.63, 3.8) is 0 Å². The molecule has 0 unspecified atom stereocenters. The minimum atomic E-state index is -1.25. The number of aliphatic hydroxyl groups excluding tert-OH is 1. The molecule has 4 N–H and O–H groups in total. The summed E-state index contributed by atoms with van der Waals surface area (Å²) in [5.41, 5.74) is 0.383. The molecule has 1 rings (SSSR count). The van der Waals surface area contributed by atoms with Crippen molar-refractivity contribution in [2.45, 2.75) is 38.5 Å². The van der Waals surface area contributed by atoms with E-state index in [4.69, 9.17) is 16.7 Å². The number of benzene rings is 1. The second-order valence-corrected chi connectivity index (χ2v) is 6.76. The molecule has 1 amide bonds. The molecule has 1 aromatic carbocycles. The lowest BCUT2D eigenvalue weighted by molar-refractivity contribution is -0.111. The number of aldehydes is 1. The third kappa shape index (κ3) is 6.47. The number of hydrogen-bond donors (Lipinski definition) is 4. The van der Waals surface area contributed by atoms with Crippen LogP contribution < -0.4 is 10.6 Å². The zero-order valence-corrected chi connectivity index (χ0v) is 14.7. The molecule has 0 bridgehead atoms. The van der Waals surface area contributed by atoms with Gasteiger partial charge in [-0.15, -0.1) is 11.6 Å². The quantitative estimate of drug-likeness (QED) is 0.377. The van der Waals surface area contributed by atoms with Gasteiger partial charge in [-0.1, -0.05) is 44.2 Å². The predicted molar refractivity (Wildman–Crippen MR) is 93.5 cm³/mol. The van der Waals surface area contributed by atoms with Crippen LogP contribution in [0.5, 0.6) is 0 Å². The van der Waals surface area contributed by atoms with Gasteiger partial charge in [0.05, 0.1) is 12.1 Å². The van der Waals surface area contributed by atoms with Gasteiger partial charge < -0.3 is 25.6 Å². The monoisotopic (exact) mass is 356 g/mol. The molecule has 24 heavy (non-hydrogen) atoms. The van der Waals surface area contributed by atoms with Crippen molar-refractivity contribution in [1.82, 2.24) is 10.6 Å². The van der Waals surface area contributed by atoms with Gasteiger partial charge in [0, 0.05) is 23.9 Å². The number of carboxylic acid groups (broad SMARTS) is 1. The summed E-state index contributed by atoms with van der Waals surface area (Å²) in [5.74, 6) is 0.0788. The molecule has 0 aliphatic carbocycles. The summed E-state index contributed by atoms with van der Waals surface area (Å²) >= 11 is 5.79. The Morgan fingerprint density at radius 1 is 1.33 bits per heavy atom. The number of hydrogen-bond acceptors (Lipinski definition) is 4. The number of carbonyl (C=O) groups excluding carboxylic acids is 1. The molecule has 1 aromatic rings. The van der Waals surface area contributed by atoms with Crippen LogP contribution in [-0.2, 0) is 11.2 Å². The second kappa shape index (κ2) is 9.61. The van der Waals surface area contributed by atoms with Crippen LogP contribution in [0.4, 0.5) is 4.79 Å². The highest BCUT2D eigenvalue weighted by atomic mass is 35.5. The normalized spacial score (nSPS) is 15.3. The Morgan fingerprint density at radius 2 is 1.96 bits per heavy atom. The first-order valence-corrected chi connectivity index (χ1v) is 8.29. The molecular formula is C17H25ClN2O4. The highest BCUT2D eigenvalue weighted by molar-refractivity contribution is 6.18. The molecule has 134 valence electrons. The fourth-order valence-corrected chi connectivity index (χ4v) is 2.59. The second-order valence-electron chi connectivity index (χ2n) is 6.45. The van der Waals surface area contributed by atoms with E-state index in [9.17, 15) is 14.7 Å². The van der Waals surface area contributed by atoms with Crippen molar-refractivity contribution in [2.75, 3.05) is 12.4 Å². The van der Waals surface area contributed by atoms with Crippen LogP contribution in [-0.4, -0.2) is 53.2 Å². The highest BCUT2D eigenvalue weighted by Crippen LogP contribution is 2.19. The maximum absolute atomic E-state index is 11.2. The first kappa shape index (κ1) is 20.4. The van der Waals surface area contributed by atoms with E-state index in [1.165, 1.54) is 0 Å². The lowest BCUT2D eigenvalue weighted by atomic mass is 9.84. The molecule has 0 saturated heterocycles. The van der Waals surface area contributed by atoms with E-state index in [-0.39, 0.29) is 11.9 Å². The van der Waals surface area contributed by atoms with E-state index in [1.54, 1.807) is 13.8 Å². The molecule has 6 nitrogen and oxygen atoms in total. The fraction of sp³-hybridized carbons (Fsp3) is 0.529. The Balaban J connectivity index is 2.75. The number of amides is 1. The van der Waals surface area contributed by atoms with Gasteiger partial charge in [0.2, 0.25) is 0 Å². The van der Waals surface area contributed by atoms with Gasteiger partial charge >= 0.3 is 6.09 Å². The van der Waals surface area contributed by atoms with E-state index < -0.39 is 23.7 Å². The smallest absolute Gasteiger partial charge is 0.405 e. The fourth-order valence-electron chi connectivity index (χ4n) is 2.37. The Morgan fingerprint density at radius 3 is 2.46 bits per heavy atom. The Bertz CT molecular complexity index is 525. The molecule has 0 aliphatic heterocycles. The molecule has 7 heteroatoms. The Labute approximate surface area is 147 Å². The number of rotatable bonds is 10. The van der Waals surface area contributed by atoms with Crippen LogP contribution in [0, 0.1) is 5.41 Å². The minimum absolute atomic E-state index is 0.0788. The molecule has 0 fully saturated rings. The van der Waals surface area contributed by atoms with E-state index in [0.717, 1.165) is 5.56 Å². The molecular weight excluding hydrogens is 332 g/mol. The van der Waals surface area contributed by atoms with E-state index >= 15 is 0 Å². The van der Waals surface area contributed by atoms with Gasteiger partial charge in [0.1, 0.15) is 6.29 Å². The average Bonchev–Trinajstić information content (AvgIpc) is 2.56. The molecule has 0 heterocycles. The number of carbonyl (C=O) groups is 2. The van der Waals surface area contributed by atoms with Gasteiger partial charge in [-0.05, 0) is 12.0 Å². The number of alkyl halides is 1. The Kier molecular flexibility index (Phi) is 8.18. The van der Waals surface area contributed by atoms with Crippen LogP contribution in [0.15, 0.2) is 30.3 Å². The van der Waals surface area contributed by atoms with Crippen molar-refractivity contribution in [3.8, 4) is 0 Å². The van der Waals surface area contributed by atoms with Crippen LogP contribution >= 0.6 is 11.6 Å². The molecule has 0 saturated carbocycles. The van der Waals surface area contributed by atoms with Gasteiger partial charge in [0.25, 0.3) is 0 Å². The molecule has 0 aliphatic rings. The van der Waals surface area contributed by atoms with Gasteiger partial charge in [0.15, 0.2) is 0 Å². The molecule has 0 radical (unpaired) electrons. The number of aliphatic hydroxyl groups is 1. The first-order valence-electron chi connectivity index (χ1n) is 7.76. The summed E-state index contributed by atoms with van der Waals surface area (Å²) in [7, 11) is 0. The standard InChI is InChI=1S/C17H25ClN2O4/c1-17(2,15(10-21)20-16(23)24)11-19-13(14(22)9-18)8-12-6-4-3-5-7-12/h3-7,10,13-15,19-20,22H,8-9,11H2,1-2H3,(H,23,24)/t13-,14-,15+/m0/s1. The van der Waals surface area contributed by atoms with Crippen molar-refractivity contribution in [2.24, 2.45) is 5.41 Å². The lowest BCUT2D eigenvalue weighted by Crippen LogP contribution is -2.53. The Hall–Kier alpha value is -1.63. The number of nitrogens with one attached hydrogen (secondary N) is 2. The maximum atomic E-state index is 11.2. The number of halogens is 1. The van der Waals surface area contributed by atoms with Gasteiger partial charge in [-0.2, -0.15) is 0 Å². The summed E-state index contributed by atoms with van der Waals surface area (Å²) < 4.78 is 0. The topological polar surface area (TPSA) is 98.7 Å². The highest BCUT2D eigenvalue weighted by Gasteiger charge is 2.32. The van der Waals surface area contributed by atoms with E-state index in [1.807, 2.05) is 30.3 Å². The SMILES string of the molecule is CC(C)(CN[C@@H](Cc1ccccc1)[C@@H](O)CCl)[C@@H](C=O)NC(=O)O. The largest absolute Gasteiger partial charge is 0.465 e. The maximum Gasteiger partial charge on any atom is 0.405 e. The summed E-state index contributed by atoms with van der Waals surface area (Å²) in [6.07, 6.45) is -0.852. The van der Waals surface area contributed by atoms with Crippen molar-refractivity contribution in [1.29, 1.82) is 0 Å². The van der Waals surface area contributed by atoms with Crippen LogP contribution in [0.3, 0.4) is 0 Å². The minimum Gasteiger partial charge on any atom is -0.465 e. The van der Waals surface area contributed by atoms with Crippen LogP contribution in [0.25, 0.3) is 0 Å². The zero-order chi connectivity index (χ0) is 18.2. The summed E-state index contributed by atoms with van der Waals surface area (Å²) in [6, 6.07) is 8.52. The van der Waals surface area contributed by atoms with Crippen molar-refractivity contribution in [3.05, 3.63) is 35.9 Å². The van der Waals surface area contributed by atoms with Crippen molar-refractivity contribution >= 4 is 24.0 Å². The van der Waals surface area contributed by atoms with Gasteiger partial charge in [-0.25, -0.2) is 4.79 Å². The zero-order valence-electron chi connectivity index (χ0n) is 13.9. The summed E-state index contributed by atoms with van der Waals surface area (Å²) in [5, 5.41) is 24.4. The van der Waals surface area contributed by atoms with E-state index in [0.29, 0.717) is 19.3 Å². The molecule has 3 atom stereocenters. The molecule has 0 aromatic heterocycles. The predicted octanol–water partition coefficient (Wildman–Crippen LogP) is 1.65. The van der Waals surface area contributed by atoms with Crippen LogP contribution in [0.2, 0.25) is 0 Å². The molecule has 0 spiro atoms. The average molecular weight is 357 g/mol. The summed E-state index contributed by atoms with van der Waals surface area (Å²) in [6.45, 7) is 3.89. The van der Waals surface area contributed by atoms with E-state index in [2.05, 4.69) is 10.6 Å². The third-order valence-electron chi connectivity index (χ3n) is 4.00. The van der Waals surface area contributed by atoms with Crippen LogP contribution in [0.1, 0.15) is 19.4 Å². The van der Waals surface area contributed by atoms with Crippen molar-refractivity contribution < 1.29 is 19.8 Å². The lowest BCUT2D eigenvalue weighted by Gasteiger charge is -2.33. The third-order valence-corrected chi connectivity index (χ3v) is 4.31. The van der Waals surface area contributed by atoms with Gasteiger partial charge in [-0.3, -0.25) is 0 Å².